The van der Waals surface area contributed by atoms with Crippen LogP contribution in [0, 0.1) is 0 Å². The number of rotatable bonds is 8. The van der Waals surface area contributed by atoms with Crippen molar-refractivity contribution in [2.45, 2.75) is 31.7 Å². The number of urea groups is 1. The Bertz CT molecular complexity index is 1690. The van der Waals surface area contributed by atoms with Gasteiger partial charge >= 0.3 is 6.03 Å². The number of phenols is 1. The third-order valence-corrected chi connectivity index (χ3v) is 8.27. The molecule has 2 saturated heterocycles. The average molecular weight is 594 g/mol. The van der Waals surface area contributed by atoms with Crippen LogP contribution in [0.15, 0.2) is 91.6 Å². The van der Waals surface area contributed by atoms with Gasteiger partial charge in [0.15, 0.2) is 0 Å². The number of phenolic OH excluding ortho intramolecular Hbond substituents is 1. The van der Waals surface area contributed by atoms with Gasteiger partial charge in [0, 0.05) is 38.5 Å². The van der Waals surface area contributed by atoms with Crippen molar-refractivity contribution in [3.63, 3.8) is 0 Å². The Kier molecular flexibility index (Phi) is 8.03. The number of aryl methyl sites for hydroxylation is 1. The Balaban J connectivity index is 1.37. The van der Waals surface area contributed by atoms with E-state index in [0.717, 1.165) is 27.6 Å². The number of nitrogens with one attached hydrogen (secondary N) is 1. The van der Waals surface area contributed by atoms with Crippen molar-refractivity contribution in [3.05, 3.63) is 108 Å². The van der Waals surface area contributed by atoms with Crippen molar-refractivity contribution < 1.29 is 19.5 Å². The van der Waals surface area contributed by atoms with E-state index in [1.54, 1.807) is 61.0 Å². The molecule has 0 bridgehead atoms. The molecule has 226 valence electrons. The molecule has 11 heteroatoms. The van der Waals surface area contributed by atoms with E-state index in [1.807, 2.05) is 55.6 Å². The highest BCUT2D eigenvalue weighted by molar-refractivity contribution is 5.92. The maximum Gasteiger partial charge on any atom is 0.334 e. The molecule has 0 saturated carbocycles. The molecule has 4 amide bonds. The second kappa shape index (κ2) is 12.2. The number of piperazine rings is 1. The Labute approximate surface area is 255 Å². The summed E-state index contributed by atoms with van der Waals surface area (Å²) in [5, 5.41) is 21.4. The fourth-order valence-electron chi connectivity index (χ4n) is 6.13. The molecule has 4 aromatic rings. The summed E-state index contributed by atoms with van der Waals surface area (Å²) in [4.78, 5) is 45.2. The molecule has 2 aliphatic rings. The number of carbonyl (C=O) groups is 3. The molecule has 0 aliphatic carbocycles. The first-order valence-electron chi connectivity index (χ1n) is 14.6. The van der Waals surface area contributed by atoms with Crippen LogP contribution in [0.1, 0.15) is 16.7 Å². The molecule has 2 N–H and O–H groups in total. The maximum absolute atomic E-state index is 14.3. The highest BCUT2D eigenvalue weighted by Gasteiger charge is 2.51. The molecular formula is C33H35N7O4. The summed E-state index contributed by atoms with van der Waals surface area (Å²) in [5.41, 5.74) is 3.60. The minimum Gasteiger partial charge on any atom is -0.508 e. The molecule has 6 rings (SSSR count). The largest absolute Gasteiger partial charge is 0.508 e. The highest BCUT2D eigenvalue weighted by Crippen LogP contribution is 2.30. The number of carbonyl (C=O) groups excluding carboxylic acids is 3. The summed E-state index contributed by atoms with van der Waals surface area (Å²) in [6, 6.07) is 20.9. The van der Waals surface area contributed by atoms with Gasteiger partial charge < -0.3 is 20.2 Å². The van der Waals surface area contributed by atoms with Gasteiger partial charge in [-0.15, -0.1) is 6.58 Å². The Morgan fingerprint density at radius 3 is 2.57 bits per heavy atom. The summed E-state index contributed by atoms with van der Waals surface area (Å²) in [6.45, 7) is 4.77. The molecule has 0 spiro atoms. The van der Waals surface area contributed by atoms with E-state index in [1.165, 1.54) is 0 Å². The summed E-state index contributed by atoms with van der Waals surface area (Å²) >= 11 is 0. The smallest absolute Gasteiger partial charge is 0.334 e. The lowest BCUT2D eigenvalue weighted by atomic mass is 9.98. The van der Waals surface area contributed by atoms with Crippen molar-refractivity contribution in [1.82, 2.24) is 34.9 Å². The van der Waals surface area contributed by atoms with Gasteiger partial charge in [-0.1, -0.05) is 60.7 Å². The lowest BCUT2D eigenvalue weighted by molar-refractivity contribution is -0.189. The van der Waals surface area contributed by atoms with Gasteiger partial charge in [0.2, 0.25) is 11.8 Å². The van der Waals surface area contributed by atoms with Crippen LogP contribution in [0.5, 0.6) is 5.75 Å². The van der Waals surface area contributed by atoms with Crippen LogP contribution < -0.4 is 5.32 Å². The summed E-state index contributed by atoms with van der Waals surface area (Å²) < 4.78 is 1.79. The molecule has 2 aliphatic heterocycles. The van der Waals surface area contributed by atoms with Crippen LogP contribution in [0.2, 0.25) is 0 Å². The summed E-state index contributed by atoms with van der Waals surface area (Å²) in [6.07, 6.45) is 2.93. The third-order valence-electron chi connectivity index (χ3n) is 8.27. The number of hydrogen-bond acceptors (Lipinski definition) is 6. The van der Waals surface area contributed by atoms with Crippen molar-refractivity contribution >= 4 is 28.7 Å². The number of benzene rings is 3. The number of aromatic nitrogens is 2. The van der Waals surface area contributed by atoms with Gasteiger partial charge in [-0.2, -0.15) is 5.10 Å². The fraction of sp³-hybridized carbons (Fsp3) is 0.273. The number of amides is 4. The second-order valence-corrected chi connectivity index (χ2v) is 11.1. The van der Waals surface area contributed by atoms with E-state index in [-0.39, 0.29) is 56.2 Å². The van der Waals surface area contributed by atoms with Crippen molar-refractivity contribution in [3.8, 4) is 5.75 Å². The molecule has 11 nitrogen and oxygen atoms in total. The normalized spacial score (nSPS) is 18.9. The zero-order valence-electron chi connectivity index (χ0n) is 24.5. The molecule has 2 fully saturated rings. The van der Waals surface area contributed by atoms with Crippen LogP contribution in [0.3, 0.4) is 0 Å². The molecule has 2 atom stereocenters. The molecule has 1 aromatic heterocycles. The number of aromatic hydroxyl groups is 1. The quantitative estimate of drug-likeness (QED) is 0.304. The highest BCUT2D eigenvalue weighted by atomic mass is 16.3. The number of fused-ring (bicyclic) bond motifs is 2. The van der Waals surface area contributed by atoms with Gasteiger partial charge in [-0.25, -0.2) is 14.8 Å². The Hall–Kier alpha value is -5.16. The predicted octanol–water partition coefficient (Wildman–Crippen LogP) is 3.02. The predicted molar refractivity (Wildman–Crippen MR) is 165 cm³/mol. The van der Waals surface area contributed by atoms with Gasteiger partial charge in [-0.05, 0) is 34.9 Å². The Morgan fingerprint density at radius 2 is 1.82 bits per heavy atom. The van der Waals surface area contributed by atoms with Gasteiger partial charge in [0.05, 0.1) is 24.8 Å². The summed E-state index contributed by atoms with van der Waals surface area (Å²) in [7, 11) is 1.87. The van der Waals surface area contributed by atoms with Crippen LogP contribution in [0.25, 0.3) is 10.9 Å². The number of hydrazine groups is 1. The van der Waals surface area contributed by atoms with Crippen molar-refractivity contribution in [1.29, 1.82) is 0 Å². The fourth-order valence-corrected chi connectivity index (χ4v) is 6.13. The van der Waals surface area contributed by atoms with E-state index in [9.17, 15) is 19.5 Å². The van der Waals surface area contributed by atoms with Gasteiger partial charge in [-0.3, -0.25) is 14.3 Å². The van der Waals surface area contributed by atoms with Crippen LogP contribution in [-0.4, -0.2) is 84.4 Å². The topological polar surface area (TPSA) is 114 Å². The van der Waals surface area contributed by atoms with E-state index >= 15 is 0 Å². The van der Waals surface area contributed by atoms with Crippen LogP contribution in [-0.2, 0) is 36.1 Å². The molecule has 3 heterocycles. The standard InChI is InChI=1S/C33H35N7O4/c1-3-16-38-22-31(42)39-29(17-23-12-14-26(41)15-13-23)32(43)37(20-25-10-7-11-28-27(25)19-35-36(28)2)21-30(39)40(38)33(44)34-18-24-8-5-4-6-9-24/h3-15,19,29-30,41H,1,16-18,20-22H2,2H3,(H,34,44). The van der Waals surface area contributed by atoms with Crippen molar-refractivity contribution in [2.75, 3.05) is 19.6 Å². The molecular weight excluding hydrogens is 558 g/mol. The van der Waals surface area contributed by atoms with Gasteiger partial charge in [0.25, 0.3) is 0 Å². The SMILES string of the molecule is C=CCN1CC(=O)N2C(Cc3ccc(O)cc3)C(=O)N(Cc3cccc4c3cnn4C)CC2N1C(=O)NCc1ccccc1. The third kappa shape index (κ3) is 5.61. The van der Waals surface area contributed by atoms with Crippen LogP contribution >= 0.6 is 0 Å². The first kappa shape index (κ1) is 28.9. The maximum atomic E-state index is 14.3. The first-order chi connectivity index (χ1) is 21.3. The monoisotopic (exact) mass is 593 g/mol. The van der Waals surface area contributed by atoms with Gasteiger partial charge in [0.1, 0.15) is 18.0 Å². The first-order valence-corrected chi connectivity index (χ1v) is 14.6. The molecule has 0 radical (unpaired) electrons. The lowest BCUT2D eigenvalue weighted by Crippen LogP contribution is -2.76. The molecule has 44 heavy (non-hydrogen) atoms. The second-order valence-electron chi connectivity index (χ2n) is 11.1. The van der Waals surface area contributed by atoms with E-state index in [0.29, 0.717) is 6.54 Å². The van der Waals surface area contributed by atoms with E-state index < -0.39 is 12.2 Å². The number of nitrogens with zero attached hydrogens (tertiary/aromatic N) is 6. The number of hydrogen-bond donors (Lipinski definition) is 2. The van der Waals surface area contributed by atoms with E-state index in [2.05, 4.69) is 17.0 Å². The summed E-state index contributed by atoms with van der Waals surface area (Å²) in [5.74, 6) is -0.330. The zero-order valence-corrected chi connectivity index (χ0v) is 24.5. The Morgan fingerprint density at radius 1 is 1.05 bits per heavy atom. The minimum atomic E-state index is -0.853. The molecule has 3 aromatic carbocycles. The molecule has 2 unspecified atom stereocenters. The van der Waals surface area contributed by atoms with Crippen LogP contribution in [0.4, 0.5) is 4.79 Å². The average Bonchev–Trinajstić information content (AvgIpc) is 3.41. The lowest BCUT2D eigenvalue weighted by Gasteiger charge is -2.55. The minimum absolute atomic E-state index is 0.0738. The zero-order chi connectivity index (χ0) is 30.8. The van der Waals surface area contributed by atoms with Crippen molar-refractivity contribution in [2.24, 2.45) is 7.05 Å². The van der Waals surface area contributed by atoms with E-state index in [4.69, 9.17) is 0 Å².